The Kier molecular flexibility index (Phi) is 6.69. The summed E-state index contributed by atoms with van der Waals surface area (Å²) in [5.74, 6) is -2.46. The van der Waals surface area contributed by atoms with Gasteiger partial charge in [-0.1, -0.05) is 0 Å². The number of nitrogens with one attached hydrogen (secondary N) is 2. The Labute approximate surface area is 195 Å². The van der Waals surface area contributed by atoms with Gasteiger partial charge in [0.25, 0.3) is 17.7 Å². The van der Waals surface area contributed by atoms with Crippen molar-refractivity contribution in [2.75, 3.05) is 30.4 Å². The summed E-state index contributed by atoms with van der Waals surface area (Å²) in [7, 11) is 0. The average Bonchev–Trinajstić information content (AvgIpc) is 3.41. The van der Waals surface area contributed by atoms with Crippen LogP contribution in [0.25, 0.3) is 0 Å². The van der Waals surface area contributed by atoms with Crippen LogP contribution in [0.1, 0.15) is 50.8 Å². The van der Waals surface area contributed by atoms with Crippen molar-refractivity contribution in [1.29, 1.82) is 0 Å². The van der Waals surface area contributed by atoms with Gasteiger partial charge in [-0.15, -0.1) is 0 Å². The summed E-state index contributed by atoms with van der Waals surface area (Å²) in [6.07, 6.45) is 1.50. The first-order valence-corrected chi connectivity index (χ1v) is 10.8. The van der Waals surface area contributed by atoms with Crippen molar-refractivity contribution < 1.29 is 33.4 Å². The van der Waals surface area contributed by atoms with E-state index < -0.39 is 30.3 Å². The summed E-state index contributed by atoms with van der Waals surface area (Å²) >= 11 is 0. The number of benzene rings is 2. The van der Waals surface area contributed by atoms with Gasteiger partial charge in [0.15, 0.2) is 6.61 Å². The van der Waals surface area contributed by atoms with Gasteiger partial charge < -0.3 is 20.1 Å². The predicted octanol–water partition coefficient (Wildman–Crippen LogP) is 2.22. The van der Waals surface area contributed by atoms with Crippen LogP contribution >= 0.6 is 0 Å². The van der Waals surface area contributed by atoms with Crippen molar-refractivity contribution >= 4 is 41.0 Å². The Morgan fingerprint density at radius 3 is 2.32 bits per heavy atom. The maximum absolute atomic E-state index is 12.7. The minimum Gasteiger partial charge on any atom is -0.452 e. The van der Waals surface area contributed by atoms with E-state index in [0.717, 1.165) is 17.7 Å². The van der Waals surface area contributed by atoms with Gasteiger partial charge in [-0.05, 0) is 55.3 Å². The summed E-state index contributed by atoms with van der Waals surface area (Å²) < 4.78 is 10.6. The highest BCUT2D eigenvalue weighted by atomic mass is 16.5. The van der Waals surface area contributed by atoms with Crippen molar-refractivity contribution in [3.8, 4) is 0 Å². The molecule has 2 aliphatic heterocycles. The van der Waals surface area contributed by atoms with E-state index in [1.165, 1.54) is 25.1 Å². The topological polar surface area (TPSA) is 131 Å². The van der Waals surface area contributed by atoms with Crippen LogP contribution in [0.5, 0.6) is 0 Å². The van der Waals surface area contributed by atoms with Gasteiger partial charge in [0, 0.05) is 24.9 Å². The monoisotopic (exact) mass is 465 g/mol. The Morgan fingerprint density at radius 1 is 1.00 bits per heavy atom. The molecule has 10 nitrogen and oxygen atoms in total. The molecule has 34 heavy (non-hydrogen) atoms. The predicted molar refractivity (Wildman–Crippen MR) is 120 cm³/mol. The summed E-state index contributed by atoms with van der Waals surface area (Å²) in [4.78, 5) is 62.1. The highest BCUT2D eigenvalue weighted by Crippen LogP contribution is 2.26. The molecule has 0 aliphatic carbocycles. The van der Waals surface area contributed by atoms with Gasteiger partial charge in [0.2, 0.25) is 5.91 Å². The van der Waals surface area contributed by atoms with Crippen molar-refractivity contribution in [3.63, 3.8) is 0 Å². The van der Waals surface area contributed by atoms with E-state index in [2.05, 4.69) is 10.6 Å². The SMILES string of the molecule is CC(=O)Nc1ccc(NC(=O)COC(=O)c2ccc3c(c2)C(=O)N(C[C@H]2CCCO2)C3=O)cc1. The molecular formula is C24H23N3O7. The first kappa shape index (κ1) is 23.1. The number of esters is 1. The fraction of sp³-hybridized carbons (Fsp3) is 0.292. The molecule has 2 aromatic rings. The molecule has 0 spiro atoms. The second-order valence-electron chi connectivity index (χ2n) is 8.00. The number of carbonyl (C=O) groups is 5. The van der Waals surface area contributed by atoms with E-state index in [1.807, 2.05) is 0 Å². The van der Waals surface area contributed by atoms with Crippen LogP contribution in [-0.2, 0) is 19.1 Å². The molecule has 4 rings (SSSR count). The van der Waals surface area contributed by atoms with Crippen LogP contribution in [0, 0.1) is 0 Å². The number of amides is 4. The first-order valence-electron chi connectivity index (χ1n) is 10.8. The number of ether oxygens (including phenoxy) is 2. The Balaban J connectivity index is 1.33. The molecule has 0 bridgehead atoms. The molecule has 1 saturated heterocycles. The van der Waals surface area contributed by atoms with Crippen molar-refractivity contribution in [1.82, 2.24) is 4.90 Å². The highest BCUT2D eigenvalue weighted by Gasteiger charge is 2.38. The minimum absolute atomic E-state index is 0.0614. The standard InChI is InChI=1S/C24H23N3O7/c1-14(28)25-16-5-7-17(8-6-16)26-21(29)13-34-24(32)15-4-9-19-20(11-15)23(31)27(22(19)30)12-18-3-2-10-33-18/h4-9,11,18H,2-3,10,12-13H2,1H3,(H,25,28)(H,26,29)/t18-/m1/s1. The van der Waals surface area contributed by atoms with Gasteiger partial charge in [-0.3, -0.25) is 24.1 Å². The molecule has 176 valence electrons. The van der Waals surface area contributed by atoms with Gasteiger partial charge in [0.05, 0.1) is 29.3 Å². The van der Waals surface area contributed by atoms with Crippen molar-refractivity contribution in [2.45, 2.75) is 25.9 Å². The van der Waals surface area contributed by atoms with Crippen LogP contribution in [0.2, 0.25) is 0 Å². The highest BCUT2D eigenvalue weighted by molar-refractivity contribution is 6.22. The lowest BCUT2D eigenvalue weighted by atomic mass is 10.1. The molecule has 2 aromatic carbocycles. The fourth-order valence-corrected chi connectivity index (χ4v) is 3.83. The number of anilines is 2. The molecule has 2 N–H and O–H groups in total. The maximum Gasteiger partial charge on any atom is 0.338 e. The largest absolute Gasteiger partial charge is 0.452 e. The second-order valence-corrected chi connectivity index (χ2v) is 8.00. The minimum atomic E-state index is -0.795. The third-order valence-electron chi connectivity index (χ3n) is 5.44. The van der Waals surface area contributed by atoms with Gasteiger partial charge in [-0.25, -0.2) is 4.79 Å². The number of nitrogens with zero attached hydrogens (tertiary/aromatic N) is 1. The first-order chi connectivity index (χ1) is 16.3. The van der Waals surface area contributed by atoms with E-state index in [-0.39, 0.29) is 35.2 Å². The molecule has 2 heterocycles. The zero-order valence-electron chi connectivity index (χ0n) is 18.5. The molecule has 0 radical (unpaired) electrons. The number of imide groups is 1. The molecule has 1 fully saturated rings. The quantitative estimate of drug-likeness (QED) is 0.473. The van der Waals surface area contributed by atoms with Gasteiger partial charge in [-0.2, -0.15) is 0 Å². The van der Waals surface area contributed by atoms with E-state index in [4.69, 9.17) is 9.47 Å². The lowest BCUT2D eigenvalue weighted by Gasteiger charge is -2.17. The number of hydrogen-bond donors (Lipinski definition) is 2. The van der Waals surface area contributed by atoms with Gasteiger partial charge >= 0.3 is 5.97 Å². The van der Waals surface area contributed by atoms with Crippen LogP contribution in [0.15, 0.2) is 42.5 Å². The lowest BCUT2D eigenvalue weighted by Crippen LogP contribution is -2.36. The maximum atomic E-state index is 12.7. The lowest BCUT2D eigenvalue weighted by molar-refractivity contribution is -0.119. The average molecular weight is 465 g/mol. The molecule has 2 aliphatic rings. The number of hydrogen-bond acceptors (Lipinski definition) is 7. The van der Waals surface area contributed by atoms with E-state index in [1.54, 1.807) is 24.3 Å². The molecular weight excluding hydrogens is 442 g/mol. The fourth-order valence-electron chi connectivity index (χ4n) is 3.83. The smallest absolute Gasteiger partial charge is 0.338 e. The molecule has 10 heteroatoms. The Hall–Kier alpha value is -4.05. The molecule has 0 saturated carbocycles. The Morgan fingerprint density at radius 2 is 1.68 bits per heavy atom. The Bertz CT molecular complexity index is 1150. The zero-order valence-corrected chi connectivity index (χ0v) is 18.5. The summed E-state index contributed by atoms with van der Waals surface area (Å²) in [6.45, 7) is 1.64. The summed E-state index contributed by atoms with van der Waals surface area (Å²) in [5.41, 5.74) is 1.45. The van der Waals surface area contributed by atoms with E-state index in [0.29, 0.717) is 18.0 Å². The molecule has 0 unspecified atom stereocenters. The zero-order chi connectivity index (χ0) is 24.2. The third kappa shape index (κ3) is 5.12. The normalized spacial score (nSPS) is 16.9. The molecule has 4 amide bonds. The van der Waals surface area contributed by atoms with Crippen LogP contribution in [0.3, 0.4) is 0 Å². The summed E-state index contributed by atoms with van der Waals surface area (Å²) in [6, 6.07) is 10.5. The van der Waals surface area contributed by atoms with Crippen molar-refractivity contribution in [2.24, 2.45) is 0 Å². The summed E-state index contributed by atoms with van der Waals surface area (Å²) in [5, 5.41) is 5.19. The third-order valence-corrected chi connectivity index (χ3v) is 5.44. The van der Waals surface area contributed by atoms with Crippen LogP contribution in [-0.4, -0.2) is 60.4 Å². The van der Waals surface area contributed by atoms with Crippen LogP contribution < -0.4 is 10.6 Å². The van der Waals surface area contributed by atoms with E-state index >= 15 is 0 Å². The number of fused-ring (bicyclic) bond motifs is 1. The van der Waals surface area contributed by atoms with E-state index in [9.17, 15) is 24.0 Å². The van der Waals surface area contributed by atoms with Crippen LogP contribution in [0.4, 0.5) is 11.4 Å². The molecule has 1 atom stereocenters. The number of rotatable bonds is 7. The van der Waals surface area contributed by atoms with Gasteiger partial charge in [0.1, 0.15) is 0 Å². The number of carbonyl (C=O) groups excluding carboxylic acids is 5. The second kappa shape index (κ2) is 9.84. The van der Waals surface area contributed by atoms with Crippen molar-refractivity contribution in [3.05, 3.63) is 59.2 Å². The molecule has 0 aromatic heterocycles.